The first-order chi connectivity index (χ1) is 23.3. The summed E-state index contributed by atoms with van der Waals surface area (Å²) in [6.45, 7) is 0. The van der Waals surface area contributed by atoms with Gasteiger partial charge < -0.3 is 13.7 Å². The second kappa shape index (κ2) is 10.1. The van der Waals surface area contributed by atoms with E-state index in [1.165, 1.54) is 16.3 Å². The number of fused-ring (bicyclic) bond motifs is 10. The van der Waals surface area contributed by atoms with Gasteiger partial charge in [-0.05, 0) is 76.5 Å². The first-order valence-corrected chi connectivity index (χ1v) is 15.9. The second-order valence-electron chi connectivity index (χ2n) is 12.1. The van der Waals surface area contributed by atoms with Crippen molar-refractivity contribution >= 4 is 82.5 Å². The Labute approximate surface area is 270 Å². The number of para-hydroxylation sites is 2. The molecule has 10 aromatic rings. The Morgan fingerprint density at radius 2 is 1.00 bits per heavy atom. The van der Waals surface area contributed by atoms with Crippen LogP contribution < -0.4 is 4.90 Å². The maximum absolute atomic E-state index is 6.53. The third-order valence-electron chi connectivity index (χ3n) is 9.42. The smallest absolute Gasteiger partial charge is 0.137 e. The minimum atomic E-state index is 0.871. The molecule has 0 bridgehead atoms. The first kappa shape index (κ1) is 26.0. The minimum absolute atomic E-state index is 0.871. The quantitative estimate of drug-likeness (QED) is 0.188. The van der Waals surface area contributed by atoms with E-state index >= 15 is 0 Å². The van der Waals surface area contributed by atoms with Gasteiger partial charge in [-0.3, -0.25) is 0 Å². The molecule has 10 rings (SSSR count). The van der Waals surface area contributed by atoms with Gasteiger partial charge in [0.15, 0.2) is 0 Å². The Morgan fingerprint density at radius 3 is 1.85 bits per heavy atom. The van der Waals surface area contributed by atoms with Crippen molar-refractivity contribution in [2.75, 3.05) is 4.90 Å². The molecule has 0 N–H and O–H groups in total. The van der Waals surface area contributed by atoms with Crippen LogP contribution in [0.5, 0.6) is 0 Å². The zero-order valence-electron chi connectivity index (χ0n) is 25.4. The van der Waals surface area contributed by atoms with Crippen molar-refractivity contribution in [3.8, 4) is 11.1 Å². The van der Waals surface area contributed by atoms with Crippen LogP contribution in [0.25, 0.3) is 76.5 Å². The molecule has 0 atom stereocenters. The molecule has 0 aliphatic carbocycles. The van der Waals surface area contributed by atoms with Crippen molar-refractivity contribution in [1.29, 1.82) is 0 Å². The molecule has 0 amide bonds. The van der Waals surface area contributed by atoms with Gasteiger partial charge in [0.05, 0.1) is 5.69 Å². The highest BCUT2D eigenvalue weighted by Gasteiger charge is 2.21. The molecule has 0 saturated carbocycles. The van der Waals surface area contributed by atoms with Crippen molar-refractivity contribution in [3.05, 3.63) is 164 Å². The predicted octanol–water partition coefficient (Wildman–Crippen LogP) is 12.9. The molecule has 0 spiro atoms. The molecule has 0 saturated heterocycles. The summed E-state index contributed by atoms with van der Waals surface area (Å²) in [4.78, 5) is 2.35. The molecule has 3 heteroatoms. The van der Waals surface area contributed by atoms with E-state index < -0.39 is 0 Å². The predicted molar refractivity (Wildman–Crippen MR) is 196 cm³/mol. The van der Waals surface area contributed by atoms with E-state index in [1.54, 1.807) is 0 Å². The Balaban J connectivity index is 1.24. The highest BCUT2D eigenvalue weighted by molar-refractivity contribution is 6.29. The lowest BCUT2D eigenvalue weighted by Crippen LogP contribution is -2.10. The summed E-state index contributed by atoms with van der Waals surface area (Å²) < 4.78 is 12.9. The van der Waals surface area contributed by atoms with E-state index in [4.69, 9.17) is 8.83 Å². The zero-order chi connectivity index (χ0) is 30.9. The van der Waals surface area contributed by atoms with Crippen molar-refractivity contribution in [2.24, 2.45) is 0 Å². The maximum atomic E-state index is 6.53. The number of rotatable bonds is 4. The molecule has 47 heavy (non-hydrogen) atoms. The van der Waals surface area contributed by atoms with Crippen LogP contribution in [0, 0.1) is 0 Å². The van der Waals surface area contributed by atoms with E-state index in [-0.39, 0.29) is 0 Å². The Morgan fingerprint density at radius 1 is 0.340 bits per heavy atom. The number of furan rings is 2. The lowest BCUT2D eigenvalue weighted by atomic mass is 9.95. The number of hydrogen-bond donors (Lipinski definition) is 0. The molecule has 0 aliphatic heterocycles. The Hall–Kier alpha value is -6.32. The van der Waals surface area contributed by atoms with Crippen LogP contribution in [0.15, 0.2) is 173 Å². The number of benzene rings is 8. The van der Waals surface area contributed by atoms with Gasteiger partial charge in [0, 0.05) is 49.8 Å². The average Bonchev–Trinajstić information content (AvgIpc) is 3.70. The van der Waals surface area contributed by atoms with Gasteiger partial charge in [-0.25, -0.2) is 0 Å². The largest absolute Gasteiger partial charge is 0.456 e. The van der Waals surface area contributed by atoms with Crippen LogP contribution >= 0.6 is 0 Å². The molecule has 0 fully saturated rings. The van der Waals surface area contributed by atoms with Gasteiger partial charge in [0.1, 0.15) is 22.3 Å². The molecule has 2 aromatic heterocycles. The Kier molecular flexibility index (Phi) is 5.57. The highest BCUT2D eigenvalue weighted by Crippen LogP contribution is 2.46. The molecule has 0 aliphatic rings. The molecular formula is C44H27NO2. The molecule has 220 valence electrons. The summed E-state index contributed by atoms with van der Waals surface area (Å²) in [5, 5.41) is 9.23. The lowest BCUT2D eigenvalue weighted by molar-refractivity contribution is 0.668. The Bertz CT molecular complexity index is 2790. The van der Waals surface area contributed by atoms with Crippen LogP contribution in [0.2, 0.25) is 0 Å². The molecule has 0 unspecified atom stereocenters. The van der Waals surface area contributed by atoms with E-state index in [0.29, 0.717) is 0 Å². The SMILES string of the molecule is c1ccc(-c2ccc3c(c2)oc2ccc4cc(N(c5ccccc5)c5ccc6c(c5)oc5ccccc56)c5ccccc5c4c23)cc1. The van der Waals surface area contributed by atoms with Crippen LogP contribution in [0.1, 0.15) is 0 Å². The van der Waals surface area contributed by atoms with E-state index in [9.17, 15) is 0 Å². The van der Waals surface area contributed by atoms with E-state index in [0.717, 1.165) is 77.3 Å². The summed E-state index contributed by atoms with van der Waals surface area (Å²) in [6, 6.07) is 57.8. The lowest BCUT2D eigenvalue weighted by Gasteiger charge is -2.27. The van der Waals surface area contributed by atoms with Gasteiger partial charge >= 0.3 is 0 Å². The van der Waals surface area contributed by atoms with Crippen LogP contribution in [-0.2, 0) is 0 Å². The van der Waals surface area contributed by atoms with Gasteiger partial charge in [-0.15, -0.1) is 0 Å². The van der Waals surface area contributed by atoms with Gasteiger partial charge in [0.2, 0.25) is 0 Å². The fourth-order valence-electron chi connectivity index (χ4n) is 7.30. The standard InChI is InChI=1S/C44H27NO2/c1-3-11-28(12-4-1)29-19-22-37-41(26-29)47-40-24-20-30-25-38(33-15-7-8-17-36(33)43(30)44(37)40)45(31-13-5-2-6-14-31)32-21-23-35-34-16-9-10-18-39(34)46-42(35)27-32/h1-27H. The first-order valence-electron chi connectivity index (χ1n) is 15.9. The molecule has 0 radical (unpaired) electrons. The van der Waals surface area contributed by atoms with Gasteiger partial charge in [-0.1, -0.05) is 103 Å². The van der Waals surface area contributed by atoms with Crippen LogP contribution in [0.4, 0.5) is 17.1 Å². The number of anilines is 3. The summed E-state index contributed by atoms with van der Waals surface area (Å²) >= 11 is 0. The third-order valence-corrected chi connectivity index (χ3v) is 9.42. The van der Waals surface area contributed by atoms with Crippen LogP contribution in [0.3, 0.4) is 0 Å². The van der Waals surface area contributed by atoms with E-state index in [2.05, 4.69) is 150 Å². The number of hydrogen-bond acceptors (Lipinski definition) is 3. The highest BCUT2D eigenvalue weighted by atomic mass is 16.3. The topological polar surface area (TPSA) is 29.5 Å². The van der Waals surface area contributed by atoms with Gasteiger partial charge in [-0.2, -0.15) is 0 Å². The average molecular weight is 602 g/mol. The zero-order valence-corrected chi connectivity index (χ0v) is 25.4. The fraction of sp³-hybridized carbons (Fsp3) is 0. The summed E-state index contributed by atoms with van der Waals surface area (Å²) in [5.74, 6) is 0. The minimum Gasteiger partial charge on any atom is -0.456 e. The monoisotopic (exact) mass is 601 g/mol. The van der Waals surface area contributed by atoms with Crippen molar-refractivity contribution in [1.82, 2.24) is 0 Å². The van der Waals surface area contributed by atoms with Gasteiger partial charge in [0.25, 0.3) is 0 Å². The second-order valence-corrected chi connectivity index (χ2v) is 12.1. The summed E-state index contributed by atoms with van der Waals surface area (Å²) in [6.07, 6.45) is 0. The van der Waals surface area contributed by atoms with Crippen molar-refractivity contribution < 1.29 is 8.83 Å². The van der Waals surface area contributed by atoms with E-state index in [1.807, 2.05) is 18.2 Å². The fourth-order valence-corrected chi connectivity index (χ4v) is 7.30. The maximum Gasteiger partial charge on any atom is 0.137 e. The molecule has 2 heterocycles. The third kappa shape index (κ3) is 4.00. The van der Waals surface area contributed by atoms with Crippen LogP contribution in [-0.4, -0.2) is 0 Å². The number of nitrogens with zero attached hydrogens (tertiary/aromatic N) is 1. The van der Waals surface area contributed by atoms with Crippen molar-refractivity contribution in [2.45, 2.75) is 0 Å². The molecule has 3 nitrogen and oxygen atoms in total. The van der Waals surface area contributed by atoms with Crippen molar-refractivity contribution in [3.63, 3.8) is 0 Å². The summed E-state index contributed by atoms with van der Waals surface area (Å²) in [7, 11) is 0. The molecule has 8 aromatic carbocycles. The molecular weight excluding hydrogens is 574 g/mol. The summed E-state index contributed by atoms with van der Waals surface area (Å²) in [5.41, 5.74) is 9.10. The normalized spacial score (nSPS) is 11.8.